The molecule has 0 unspecified atom stereocenters. The van der Waals surface area contributed by atoms with Crippen LogP contribution in [0.1, 0.15) is 42.0 Å². The summed E-state index contributed by atoms with van der Waals surface area (Å²) in [6.07, 6.45) is 4.06. The van der Waals surface area contributed by atoms with E-state index in [9.17, 15) is 9.59 Å². The number of carbonyl (C=O) groups is 2. The molecule has 0 radical (unpaired) electrons. The van der Waals surface area contributed by atoms with Crippen molar-refractivity contribution in [2.45, 2.75) is 32.2 Å². The molecule has 154 valence electrons. The molecule has 1 aromatic heterocycles. The minimum atomic E-state index is -0.0532. The number of hydrogen-bond donors (Lipinski definition) is 0. The first-order valence-corrected chi connectivity index (χ1v) is 10.7. The summed E-state index contributed by atoms with van der Waals surface area (Å²) in [4.78, 5) is 33.9. The van der Waals surface area contributed by atoms with Gasteiger partial charge in [-0.3, -0.25) is 14.5 Å². The molecule has 0 bridgehead atoms. The summed E-state index contributed by atoms with van der Waals surface area (Å²) >= 11 is 0. The molecule has 3 heterocycles. The zero-order chi connectivity index (χ0) is 19.5. The van der Waals surface area contributed by atoms with Gasteiger partial charge in [0, 0.05) is 58.3 Å². The topological polar surface area (TPSA) is 60.2 Å². The maximum atomic E-state index is 12.9. The summed E-state index contributed by atoms with van der Waals surface area (Å²) in [7, 11) is 2.14. The van der Waals surface area contributed by atoms with Crippen molar-refractivity contribution in [3.63, 3.8) is 0 Å². The van der Waals surface area contributed by atoms with Crippen molar-refractivity contribution in [2.24, 2.45) is 5.92 Å². The predicted molar refractivity (Wildman–Crippen MR) is 106 cm³/mol. The molecule has 2 saturated heterocycles. The summed E-state index contributed by atoms with van der Waals surface area (Å²) < 4.78 is 5.88. The Balaban J connectivity index is 1.30. The van der Waals surface area contributed by atoms with Crippen LogP contribution in [0.5, 0.6) is 0 Å². The van der Waals surface area contributed by atoms with E-state index in [0.29, 0.717) is 25.4 Å². The Morgan fingerprint density at radius 3 is 2.36 bits per heavy atom. The molecule has 4 rings (SSSR count). The maximum absolute atomic E-state index is 12.9. The van der Waals surface area contributed by atoms with Gasteiger partial charge in [-0.1, -0.05) is 6.42 Å². The molecule has 2 aliphatic heterocycles. The lowest BCUT2D eigenvalue weighted by atomic mass is 9.84. The van der Waals surface area contributed by atoms with Gasteiger partial charge in [0.1, 0.15) is 5.76 Å². The molecule has 1 saturated carbocycles. The highest BCUT2D eigenvalue weighted by Gasteiger charge is 2.31. The Hall–Kier alpha value is -1.86. The number of furan rings is 1. The highest BCUT2D eigenvalue weighted by Crippen LogP contribution is 2.28. The summed E-state index contributed by atoms with van der Waals surface area (Å²) in [5, 5.41) is 0. The molecule has 7 heteroatoms. The molecule has 1 aromatic rings. The first kappa shape index (κ1) is 19.5. The van der Waals surface area contributed by atoms with Crippen molar-refractivity contribution in [3.05, 3.63) is 23.7 Å². The van der Waals surface area contributed by atoms with E-state index in [4.69, 9.17) is 4.42 Å². The molecule has 1 aliphatic carbocycles. The van der Waals surface area contributed by atoms with Crippen LogP contribution < -0.4 is 0 Å². The summed E-state index contributed by atoms with van der Waals surface area (Å²) in [5.41, 5.74) is 0. The Morgan fingerprint density at radius 2 is 1.64 bits per heavy atom. The number of nitrogens with zero attached hydrogens (tertiary/aromatic N) is 4. The van der Waals surface area contributed by atoms with Crippen LogP contribution in [-0.4, -0.2) is 90.8 Å². The van der Waals surface area contributed by atoms with Crippen molar-refractivity contribution in [1.82, 2.24) is 19.6 Å². The standard InChI is InChI=1S/C21H32N4O3/c1-22-10-12-23(13-11-22)16-18-6-7-19(28-18)21(27)25-9-3-8-24(14-15-25)20(26)17-4-2-5-17/h6-7,17H,2-5,8-16H2,1H3. The molecule has 0 spiro atoms. The van der Waals surface area contributed by atoms with E-state index in [1.54, 1.807) is 6.07 Å². The van der Waals surface area contributed by atoms with Gasteiger partial charge in [0.25, 0.3) is 5.91 Å². The average molecular weight is 389 g/mol. The Kier molecular flexibility index (Phi) is 6.01. The fraction of sp³-hybridized carbons (Fsp3) is 0.714. The number of piperazine rings is 1. The number of carbonyl (C=O) groups excluding carboxylic acids is 2. The van der Waals surface area contributed by atoms with Gasteiger partial charge in [-0.05, 0) is 38.4 Å². The minimum Gasteiger partial charge on any atom is -0.455 e. The van der Waals surface area contributed by atoms with Crippen molar-refractivity contribution < 1.29 is 14.0 Å². The lowest BCUT2D eigenvalue weighted by Crippen LogP contribution is -2.43. The Morgan fingerprint density at radius 1 is 0.929 bits per heavy atom. The molecular formula is C21H32N4O3. The van der Waals surface area contributed by atoms with E-state index in [1.807, 2.05) is 15.9 Å². The quantitative estimate of drug-likeness (QED) is 0.782. The first-order valence-electron chi connectivity index (χ1n) is 10.7. The summed E-state index contributed by atoms with van der Waals surface area (Å²) in [6, 6.07) is 3.73. The van der Waals surface area contributed by atoms with E-state index >= 15 is 0 Å². The van der Waals surface area contributed by atoms with Crippen molar-refractivity contribution in [3.8, 4) is 0 Å². The third kappa shape index (κ3) is 4.41. The maximum Gasteiger partial charge on any atom is 0.289 e. The number of likely N-dealkylation sites (N-methyl/N-ethyl adjacent to an activating group) is 1. The lowest BCUT2D eigenvalue weighted by Gasteiger charge is -2.31. The normalized spacial score (nSPS) is 22.8. The molecule has 0 N–H and O–H groups in total. The van der Waals surface area contributed by atoms with Crippen LogP contribution in [0.3, 0.4) is 0 Å². The minimum absolute atomic E-state index is 0.0532. The highest BCUT2D eigenvalue weighted by atomic mass is 16.4. The second-order valence-corrected chi connectivity index (χ2v) is 8.44. The Bertz CT molecular complexity index is 692. The van der Waals surface area contributed by atoms with E-state index in [0.717, 1.165) is 64.3 Å². The average Bonchev–Trinajstić information content (AvgIpc) is 2.96. The van der Waals surface area contributed by atoms with E-state index < -0.39 is 0 Å². The molecule has 0 atom stereocenters. The second kappa shape index (κ2) is 8.66. The van der Waals surface area contributed by atoms with Crippen LogP contribution in [0.2, 0.25) is 0 Å². The van der Waals surface area contributed by atoms with Crippen LogP contribution in [-0.2, 0) is 11.3 Å². The van der Waals surface area contributed by atoms with Crippen molar-refractivity contribution in [2.75, 3.05) is 59.4 Å². The highest BCUT2D eigenvalue weighted by molar-refractivity contribution is 5.91. The van der Waals surface area contributed by atoms with Crippen LogP contribution in [0.25, 0.3) is 0 Å². The third-order valence-electron chi connectivity index (χ3n) is 6.40. The molecule has 3 fully saturated rings. The van der Waals surface area contributed by atoms with Crippen LogP contribution in [0, 0.1) is 5.92 Å². The summed E-state index contributed by atoms with van der Waals surface area (Å²) in [5.74, 6) is 1.73. The number of rotatable bonds is 4. The van der Waals surface area contributed by atoms with E-state index in [2.05, 4.69) is 16.8 Å². The third-order valence-corrected chi connectivity index (χ3v) is 6.40. The van der Waals surface area contributed by atoms with Crippen molar-refractivity contribution in [1.29, 1.82) is 0 Å². The fourth-order valence-electron chi connectivity index (χ4n) is 4.21. The van der Waals surface area contributed by atoms with Gasteiger partial charge in [-0.25, -0.2) is 0 Å². The van der Waals surface area contributed by atoms with Gasteiger partial charge >= 0.3 is 0 Å². The number of hydrogen-bond acceptors (Lipinski definition) is 5. The Labute approximate surface area is 167 Å². The predicted octanol–water partition coefficient (Wildman–Crippen LogP) is 1.50. The number of amides is 2. The zero-order valence-corrected chi connectivity index (χ0v) is 16.9. The largest absolute Gasteiger partial charge is 0.455 e. The molecule has 2 amide bonds. The van der Waals surface area contributed by atoms with Crippen molar-refractivity contribution >= 4 is 11.8 Å². The molecular weight excluding hydrogens is 356 g/mol. The van der Waals surface area contributed by atoms with Gasteiger partial charge < -0.3 is 19.1 Å². The second-order valence-electron chi connectivity index (χ2n) is 8.44. The first-order chi connectivity index (χ1) is 13.6. The van der Waals surface area contributed by atoms with E-state index in [1.165, 1.54) is 6.42 Å². The van der Waals surface area contributed by atoms with Crippen LogP contribution >= 0.6 is 0 Å². The lowest BCUT2D eigenvalue weighted by molar-refractivity contribution is -0.138. The van der Waals surface area contributed by atoms with E-state index in [-0.39, 0.29) is 17.7 Å². The SMILES string of the molecule is CN1CCN(Cc2ccc(C(=O)N3CCCN(C(=O)C4CCC4)CC3)o2)CC1. The van der Waals surface area contributed by atoms with Gasteiger partial charge in [-0.15, -0.1) is 0 Å². The van der Waals surface area contributed by atoms with Gasteiger partial charge in [0.15, 0.2) is 5.76 Å². The molecule has 0 aromatic carbocycles. The molecule has 28 heavy (non-hydrogen) atoms. The van der Waals surface area contributed by atoms with Gasteiger partial charge in [-0.2, -0.15) is 0 Å². The summed E-state index contributed by atoms with van der Waals surface area (Å²) in [6.45, 7) is 7.60. The van der Waals surface area contributed by atoms with Crippen LogP contribution in [0.4, 0.5) is 0 Å². The smallest absolute Gasteiger partial charge is 0.289 e. The van der Waals surface area contributed by atoms with Gasteiger partial charge in [0.2, 0.25) is 5.91 Å². The fourth-order valence-corrected chi connectivity index (χ4v) is 4.21. The molecule has 7 nitrogen and oxygen atoms in total. The molecule has 3 aliphatic rings. The zero-order valence-electron chi connectivity index (χ0n) is 16.9. The monoisotopic (exact) mass is 388 g/mol. The van der Waals surface area contributed by atoms with Gasteiger partial charge in [0.05, 0.1) is 6.54 Å². The van der Waals surface area contributed by atoms with Crippen LogP contribution in [0.15, 0.2) is 16.5 Å².